The number of carbonyl (C=O) groups excluding carboxylic acids is 1. The minimum Gasteiger partial charge on any atom is -0.396 e. The van der Waals surface area contributed by atoms with Gasteiger partial charge in [-0.15, -0.1) is 0 Å². The molecule has 1 aliphatic heterocycles. The zero-order valence-electron chi connectivity index (χ0n) is 10.4. The van der Waals surface area contributed by atoms with Crippen molar-refractivity contribution < 1.29 is 13.9 Å². The van der Waals surface area contributed by atoms with Crippen molar-refractivity contribution >= 4 is 11.6 Å². The van der Waals surface area contributed by atoms with Crippen LogP contribution in [0.15, 0.2) is 18.2 Å². The van der Waals surface area contributed by atoms with Gasteiger partial charge >= 0.3 is 0 Å². The summed E-state index contributed by atoms with van der Waals surface area (Å²) in [7, 11) is 1.68. The van der Waals surface area contributed by atoms with Crippen molar-refractivity contribution in [2.24, 2.45) is 0 Å². The summed E-state index contributed by atoms with van der Waals surface area (Å²) in [6.45, 7) is 1.32. The molecule has 0 unspecified atom stereocenters. The minimum absolute atomic E-state index is 0.00706. The fourth-order valence-electron chi connectivity index (χ4n) is 2.15. The van der Waals surface area contributed by atoms with Crippen LogP contribution in [-0.2, 0) is 4.74 Å². The number of anilines is 1. The van der Waals surface area contributed by atoms with Gasteiger partial charge in [0.05, 0.1) is 11.8 Å². The molecule has 1 aromatic carbocycles. The van der Waals surface area contributed by atoms with Crippen molar-refractivity contribution in [3.8, 4) is 0 Å². The van der Waals surface area contributed by atoms with E-state index in [1.807, 2.05) is 0 Å². The third kappa shape index (κ3) is 2.61. The lowest BCUT2D eigenvalue weighted by atomic mass is 10.1. The number of nitrogen functional groups attached to an aromatic ring is 1. The van der Waals surface area contributed by atoms with Gasteiger partial charge in [-0.1, -0.05) is 0 Å². The maximum Gasteiger partial charge on any atom is 0.253 e. The average molecular weight is 252 g/mol. The van der Waals surface area contributed by atoms with Crippen LogP contribution >= 0.6 is 0 Å². The smallest absolute Gasteiger partial charge is 0.253 e. The van der Waals surface area contributed by atoms with E-state index in [0.717, 1.165) is 12.8 Å². The van der Waals surface area contributed by atoms with E-state index in [4.69, 9.17) is 10.5 Å². The van der Waals surface area contributed by atoms with E-state index in [2.05, 4.69) is 0 Å². The molecule has 5 heteroatoms. The fraction of sp³-hybridized carbons (Fsp3) is 0.462. The zero-order chi connectivity index (χ0) is 13.1. The summed E-state index contributed by atoms with van der Waals surface area (Å²) in [5.41, 5.74) is 5.91. The number of nitrogens with two attached hydrogens (primary N) is 1. The van der Waals surface area contributed by atoms with E-state index in [1.165, 1.54) is 18.2 Å². The SMILES string of the molecule is COC1CCN(C(=O)c2ccc(F)c(N)c2)CC1. The first-order valence-electron chi connectivity index (χ1n) is 5.99. The van der Waals surface area contributed by atoms with Crippen molar-refractivity contribution in [2.75, 3.05) is 25.9 Å². The standard InChI is InChI=1S/C13H17FN2O2/c1-18-10-4-6-16(7-5-10)13(17)9-2-3-11(14)12(15)8-9/h2-3,8,10H,4-7,15H2,1H3. The molecule has 0 saturated carbocycles. The van der Waals surface area contributed by atoms with Crippen LogP contribution in [0, 0.1) is 5.82 Å². The lowest BCUT2D eigenvalue weighted by Gasteiger charge is -2.31. The normalized spacial score (nSPS) is 16.9. The topological polar surface area (TPSA) is 55.6 Å². The highest BCUT2D eigenvalue weighted by atomic mass is 19.1. The summed E-state index contributed by atoms with van der Waals surface area (Å²) >= 11 is 0. The van der Waals surface area contributed by atoms with E-state index in [0.29, 0.717) is 18.7 Å². The molecule has 1 aliphatic rings. The predicted octanol–water partition coefficient (Wildman–Crippen LogP) is 1.66. The van der Waals surface area contributed by atoms with Crippen LogP contribution in [0.4, 0.5) is 10.1 Å². The highest BCUT2D eigenvalue weighted by Crippen LogP contribution is 2.18. The Hall–Kier alpha value is -1.62. The summed E-state index contributed by atoms with van der Waals surface area (Å²) in [6.07, 6.45) is 1.89. The Morgan fingerprint density at radius 3 is 2.67 bits per heavy atom. The Labute approximate surface area is 106 Å². The molecule has 0 aliphatic carbocycles. The quantitative estimate of drug-likeness (QED) is 0.814. The second-order valence-electron chi connectivity index (χ2n) is 4.46. The number of halogens is 1. The van der Waals surface area contributed by atoms with Crippen LogP contribution in [0.1, 0.15) is 23.2 Å². The Morgan fingerprint density at radius 1 is 1.44 bits per heavy atom. The molecule has 0 spiro atoms. The van der Waals surface area contributed by atoms with Gasteiger partial charge in [0.2, 0.25) is 0 Å². The second kappa shape index (κ2) is 5.35. The van der Waals surface area contributed by atoms with Crippen molar-refractivity contribution in [1.29, 1.82) is 0 Å². The van der Waals surface area contributed by atoms with Crippen molar-refractivity contribution in [1.82, 2.24) is 4.90 Å². The van der Waals surface area contributed by atoms with E-state index < -0.39 is 5.82 Å². The van der Waals surface area contributed by atoms with Crippen molar-refractivity contribution in [3.63, 3.8) is 0 Å². The largest absolute Gasteiger partial charge is 0.396 e. The van der Waals surface area contributed by atoms with Crippen LogP contribution in [0.25, 0.3) is 0 Å². The molecule has 0 bridgehead atoms. The molecule has 98 valence electrons. The van der Waals surface area contributed by atoms with E-state index in [-0.39, 0.29) is 17.7 Å². The number of nitrogens with zero attached hydrogens (tertiary/aromatic N) is 1. The highest BCUT2D eigenvalue weighted by molar-refractivity contribution is 5.95. The van der Waals surface area contributed by atoms with Gasteiger partial charge in [-0.3, -0.25) is 4.79 Å². The summed E-state index contributed by atoms with van der Waals surface area (Å²) < 4.78 is 18.3. The van der Waals surface area contributed by atoms with Gasteiger partial charge in [-0.25, -0.2) is 4.39 Å². The Balaban J connectivity index is 2.05. The van der Waals surface area contributed by atoms with Gasteiger partial charge in [0.25, 0.3) is 5.91 Å². The summed E-state index contributed by atoms with van der Waals surface area (Å²) in [6, 6.07) is 4.08. The van der Waals surface area contributed by atoms with Crippen LogP contribution in [-0.4, -0.2) is 37.1 Å². The number of piperidine rings is 1. The van der Waals surface area contributed by atoms with Gasteiger partial charge in [0.15, 0.2) is 0 Å². The molecule has 0 atom stereocenters. The predicted molar refractivity (Wildman–Crippen MR) is 66.7 cm³/mol. The summed E-state index contributed by atoms with van der Waals surface area (Å²) in [5.74, 6) is -0.596. The maximum atomic E-state index is 13.0. The van der Waals surface area contributed by atoms with E-state index >= 15 is 0 Å². The molecule has 18 heavy (non-hydrogen) atoms. The van der Waals surface area contributed by atoms with E-state index in [1.54, 1.807) is 12.0 Å². The second-order valence-corrected chi connectivity index (χ2v) is 4.46. The first kappa shape index (κ1) is 12.8. The number of hydrogen-bond acceptors (Lipinski definition) is 3. The number of rotatable bonds is 2. The van der Waals surface area contributed by atoms with Crippen LogP contribution in [0.5, 0.6) is 0 Å². The van der Waals surface area contributed by atoms with Gasteiger partial charge in [-0.2, -0.15) is 0 Å². The molecule has 1 saturated heterocycles. The molecule has 0 aromatic heterocycles. The van der Waals surface area contributed by atoms with E-state index in [9.17, 15) is 9.18 Å². The molecule has 2 N–H and O–H groups in total. The molecule has 1 fully saturated rings. The third-order valence-corrected chi connectivity index (χ3v) is 3.31. The van der Waals surface area contributed by atoms with Gasteiger partial charge in [0.1, 0.15) is 5.82 Å². The summed E-state index contributed by atoms with van der Waals surface area (Å²) in [5, 5.41) is 0. The first-order valence-corrected chi connectivity index (χ1v) is 5.99. The number of carbonyl (C=O) groups is 1. The fourth-order valence-corrected chi connectivity index (χ4v) is 2.15. The number of benzene rings is 1. The lowest BCUT2D eigenvalue weighted by Crippen LogP contribution is -2.40. The molecule has 1 heterocycles. The molecule has 0 radical (unpaired) electrons. The van der Waals surface area contributed by atoms with Crippen LogP contribution in [0.3, 0.4) is 0 Å². The van der Waals surface area contributed by atoms with Crippen LogP contribution < -0.4 is 5.73 Å². The number of amides is 1. The summed E-state index contributed by atoms with van der Waals surface area (Å²) in [4.78, 5) is 13.9. The Morgan fingerprint density at radius 2 is 2.11 bits per heavy atom. The average Bonchev–Trinajstić information content (AvgIpc) is 2.41. The number of methoxy groups -OCH3 is 1. The Bertz CT molecular complexity index is 443. The third-order valence-electron chi connectivity index (χ3n) is 3.31. The first-order chi connectivity index (χ1) is 8.61. The molecular formula is C13H17FN2O2. The molecule has 4 nitrogen and oxygen atoms in total. The van der Waals surface area contributed by atoms with Crippen LogP contribution in [0.2, 0.25) is 0 Å². The number of ether oxygens (including phenoxy) is 1. The Kier molecular flexibility index (Phi) is 3.81. The highest BCUT2D eigenvalue weighted by Gasteiger charge is 2.23. The molecule has 1 aromatic rings. The lowest BCUT2D eigenvalue weighted by molar-refractivity contribution is 0.0351. The van der Waals surface area contributed by atoms with Gasteiger partial charge in [-0.05, 0) is 31.0 Å². The number of hydrogen-bond donors (Lipinski definition) is 1. The van der Waals surface area contributed by atoms with Crippen molar-refractivity contribution in [3.05, 3.63) is 29.6 Å². The molecule has 1 amide bonds. The minimum atomic E-state index is -0.496. The maximum absolute atomic E-state index is 13.0. The monoisotopic (exact) mass is 252 g/mol. The molecule has 2 rings (SSSR count). The molecular weight excluding hydrogens is 235 g/mol. The van der Waals surface area contributed by atoms with Gasteiger partial charge < -0.3 is 15.4 Å². The van der Waals surface area contributed by atoms with Crippen molar-refractivity contribution in [2.45, 2.75) is 18.9 Å². The number of likely N-dealkylation sites (tertiary alicyclic amines) is 1. The zero-order valence-corrected chi connectivity index (χ0v) is 10.4. The van der Waals surface area contributed by atoms with Gasteiger partial charge in [0, 0.05) is 25.8 Å².